The summed E-state index contributed by atoms with van der Waals surface area (Å²) in [5.41, 5.74) is 2.13. The molecule has 0 saturated carbocycles. The number of benzene rings is 3. The van der Waals surface area contributed by atoms with Crippen LogP contribution < -0.4 is 4.74 Å². The second-order valence-corrected chi connectivity index (χ2v) is 7.29. The first-order valence-electron chi connectivity index (χ1n) is 8.93. The fraction of sp³-hybridized carbons (Fsp3) is 0.0435. The zero-order chi connectivity index (χ0) is 21.1. The standard InChI is InChI=1S/C23H14Cl2FNO3/c24-16-6-9-20(25)19(12-16)22-27-21(23(28)30-22)11-15-2-1-3-18(10-15)29-13-14-4-7-17(26)8-5-14/h1-12H,13H2/b21-11+. The second-order valence-electron chi connectivity index (χ2n) is 6.45. The van der Waals surface area contributed by atoms with Crippen molar-refractivity contribution in [3.05, 3.63) is 105 Å². The summed E-state index contributed by atoms with van der Waals surface area (Å²) in [6, 6.07) is 18.1. The Kier molecular flexibility index (Phi) is 5.84. The highest BCUT2D eigenvalue weighted by Gasteiger charge is 2.25. The summed E-state index contributed by atoms with van der Waals surface area (Å²) >= 11 is 12.2. The van der Waals surface area contributed by atoms with Gasteiger partial charge >= 0.3 is 5.97 Å². The van der Waals surface area contributed by atoms with Gasteiger partial charge in [0, 0.05) is 5.02 Å². The van der Waals surface area contributed by atoms with E-state index in [4.69, 9.17) is 32.7 Å². The van der Waals surface area contributed by atoms with Gasteiger partial charge in [-0.15, -0.1) is 0 Å². The smallest absolute Gasteiger partial charge is 0.363 e. The highest BCUT2D eigenvalue weighted by atomic mass is 35.5. The van der Waals surface area contributed by atoms with Crippen LogP contribution in [0, 0.1) is 5.82 Å². The number of rotatable bonds is 5. The zero-order valence-corrected chi connectivity index (χ0v) is 17.0. The van der Waals surface area contributed by atoms with E-state index in [2.05, 4.69) is 4.99 Å². The molecule has 1 aliphatic rings. The molecule has 0 unspecified atom stereocenters. The van der Waals surface area contributed by atoms with E-state index >= 15 is 0 Å². The minimum atomic E-state index is -0.585. The van der Waals surface area contributed by atoms with Crippen LogP contribution in [0.25, 0.3) is 6.08 Å². The Bertz CT molecular complexity index is 1170. The van der Waals surface area contributed by atoms with E-state index in [0.717, 1.165) is 5.56 Å². The molecule has 30 heavy (non-hydrogen) atoms. The molecular formula is C23H14Cl2FNO3. The average Bonchev–Trinajstić information content (AvgIpc) is 3.10. The molecule has 150 valence electrons. The van der Waals surface area contributed by atoms with Crippen molar-refractivity contribution in [2.75, 3.05) is 0 Å². The molecule has 0 N–H and O–H groups in total. The lowest BCUT2D eigenvalue weighted by Gasteiger charge is -2.07. The number of carbonyl (C=O) groups excluding carboxylic acids is 1. The Hall–Kier alpha value is -3.15. The molecule has 0 aliphatic carbocycles. The van der Waals surface area contributed by atoms with Gasteiger partial charge in [0.2, 0.25) is 5.90 Å². The van der Waals surface area contributed by atoms with Crippen LogP contribution in [0.3, 0.4) is 0 Å². The van der Waals surface area contributed by atoms with Crippen molar-refractivity contribution in [2.24, 2.45) is 4.99 Å². The van der Waals surface area contributed by atoms with E-state index in [-0.39, 0.29) is 24.0 Å². The molecule has 3 aromatic rings. The number of nitrogens with zero attached hydrogens (tertiary/aromatic N) is 1. The fourth-order valence-electron chi connectivity index (χ4n) is 2.79. The molecule has 0 saturated heterocycles. The van der Waals surface area contributed by atoms with Gasteiger partial charge in [0.05, 0.1) is 10.6 Å². The summed E-state index contributed by atoms with van der Waals surface area (Å²) in [5, 5.41) is 0.833. The lowest BCUT2D eigenvalue weighted by molar-refractivity contribution is -0.129. The maximum absolute atomic E-state index is 13.0. The van der Waals surface area contributed by atoms with Crippen molar-refractivity contribution in [2.45, 2.75) is 6.61 Å². The molecule has 0 fully saturated rings. The molecule has 4 rings (SSSR count). The molecule has 4 nitrogen and oxygen atoms in total. The van der Waals surface area contributed by atoms with Gasteiger partial charge in [-0.1, -0.05) is 47.5 Å². The molecule has 0 amide bonds. The lowest BCUT2D eigenvalue weighted by atomic mass is 10.2. The highest BCUT2D eigenvalue weighted by Crippen LogP contribution is 2.27. The van der Waals surface area contributed by atoms with Gasteiger partial charge in [-0.2, -0.15) is 0 Å². The molecule has 0 radical (unpaired) electrons. The number of esters is 1. The van der Waals surface area contributed by atoms with Gasteiger partial charge < -0.3 is 9.47 Å². The highest BCUT2D eigenvalue weighted by molar-refractivity contribution is 6.36. The van der Waals surface area contributed by atoms with Gasteiger partial charge in [-0.05, 0) is 59.7 Å². The van der Waals surface area contributed by atoms with E-state index in [9.17, 15) is 9.18 Å². The second kappa shape index (κ2) is 8.69. The molecule has 1 aliphatic heterocycles. The minimum absolute atomic E-state index is 0.0995. The number of cyclic esters (lactones) is 1. The Morgan fingerprint density at radius 2 is 1.83 bits per heavy atom. The first-order chi connectivity index (χ1) is 14.5. The summed E-state index contributed by atoms with van der Waals surface area (Å²) in [7, 11) is 0. The Balaban J connectivity index is 1.53. The predicted octanol–water partition coefficient (Wildman–Crippen LogP) is 6.06. The number of carbonyl (C=O) groups is 1. The van der Waals surface area contributed by atoms with E-state index in [0.29, 0.717) is 26.9 Å². The van der Waals surface area contributed by atoms with Crippen molar-refractivity contribution >= 4 is 41.1 Å². The van der Waals surface area contributed by atoms with E-state index in [1.54, 1.807) is 54.6 Å². The van der Waals surface area contributed by atoms with Crippen molar-refractivity contribution in [1.29, 1.82) is 0 Å². The third-order valence-corrected chi connectivity index (χ3v) is 4.82. The number of ether oxygens (including phenoxy) is 2. The fourth-order valence-corrected chi connectivity index (χ4v) is 3.16. The number of hydrogen-bond acceptors (Lipinski definition) is 4. The number of halogens is 3. The molecule has 0 bridgehead atoms. The Morgan fingerprint density at radius 1 is 1.03 bits per heavy atom. The van der Waals surface area contributed by atoms with Gasteiger partial charge in [0.25, 0.3) is 0 Å². The van der Waals surface area contributed by atoms with Crippen LogP contribution in [0.1, 0.15) is 16.7 Å². The predicted molar refractivity (Wildman–Crippen MR) is 114 cm³/mol. The molecular weight excluding hydrogens is 428 g/mol. The van der Waals surface area contributed by atoms with Gasteiger partial charge in [-0.3, -0.25) is 0 Å². The molecule has 7 heteroatoms. The maximum atomic E-state index is 13.0. The number of hydrogen-bond donors (Lipinski definition) is 0. The summed E-state index contributed by atoms with van der Waals surface area (Å²) in [4.78, 5) is 16.5. The van der Waals surface area contributed by atoms with Gasteiger partial charge in [-0.25, -0.2) is 14.2 Å². The van der Waals surface area contributed by atoms with Crippen LogP contribution in [0.5, 0.6) is 5.75 Å². The number of aliphatic imine (C=N–C) groups is 1. The maximum Gasteiger partial charge on any atom is 0.363 e. The Morgan fingerprint density at radius 3 is 2.63 bits per heavy atom. The van der Waals surface area contributed by atoms with E-state index in [1.165, 1.54) is 12.1 Å². The van der Waals surface area contributed by atoms with Crippen molar-refractivity contribution in [1.82, 2.24) is 0 Å². The minimum Gasteiger partial charge on any atom is -0.489 e. The van der Waals surface area contributed by atoms with Gasteiger partial charge in [0.15, 0.2) is 5.70 Å². The van der Waals surface area contributed by atoms with Gasteiger partial charge in [0.1, 0.15) is 18.2 Å². The molecule has 0 atom stereocenters. The van der Waals surface area contributed by atoms with Crippen LogP contribution in [-0.4, -0.2) is 11.9 Å². The quantitative estimate of drug-likeness (QED) is 0.357. The van der Waals surface area contributed by atoms with E-state index < -0.39 is 5.97 Å². The average molecular weight is 442 g/mol. The SMILES string of the molecule is O=C1OC(c2cc(Cl)ccc2Cl)=N/C1=C/c1cccc(OCc2ccc(F)cc2)c1. The molecule has 3 aromatic carbocycles. The van der Waals surface area contributed by atoms with Crippen LogP contribution >= 0.6 is 23.2 Å². The summed E-state index contributed by atoms with van der Waals surface area (Å²) in [6.45, 7) is 0.290. The van der Waals surface area contributed by atoms with E-state index in [1.807, 2.05) is 6.07 Å². The van der Waals surface area contributed by atoms with Crippen molar-refractivity contribution in [3.63, 3.8) is 0 Å². The molecule has 0 spiro atoms. The molecule has 0 aromatic heterocycles. The zero-order valence-electron chi connectivity index (χ0n) is 15.4. The largest absolute Gasteiger partial charge is 0.489 e. The first-order valence-corrected chi connectivity index (χ1v) is 9.69. The first kappa shape index (κ1) is 20.1. The van der Waals surface area contributed by atoms with Crippen LogP contribution in [-0.2, 0) is 16.1 Å². The summed E-state index contributed by atoms with van der Waals surface area (Å²) in [6.07, 6.45) is 1.60. The van der Waals surface area contributed by atoms with Crippen LogP contribution in [0.4, 0.5) is 4.39 Å². The summed E-state index contributed by atoms with van der Waals surface area (Å²) in [5.74, 6) is -0.182. The third kappa shape index (κ3) is 4.70. The Labute approximate surface area is 182 Å². The van der Waals surface area contributed by atoms with Crippen LogP contribution in [0.15, 0.2) is 77.4 Å². The molecule has 1 heterocycles. The van der Waals surface area contributed by atoms with Crippen molar-refractivity contribution < 1.29 is 18.7 Å². The van der Waals surface area contributed by atoms with Crippen molar-refractivity contribution in [3.8, 4) is 5.75 Å². The normalized spacial score (nSPS) is 14.6. The third-order valence-electron chi connectivity index (χ3n) is 4.26. The summed E-state index contributed by atoms with van der Waals surface area (Å²) < 4.78 is 24.0. The lowest BCUT2D eigenvalue weighted by Crippen LogP contribution is -2.06. The monoisotopic (exact) mass is 441 g/mol. The topological polar surface area (TPSA) is 47.9 Å². The van der Waals surface area contributed by atoms with Crippen LogP contribution in [0.2, 0.25) is 10.0 Å².